The lowest BCUT2D eigenvalue weighted by Gasteiger charge is -2.12. The van der Waals surface area contributed by atoms with Gasteiger partial charge in [0.25, 0.3) is 0 Å². The summed E-state index contributed by atoms with van der Waals surface area (Å²) in [6.45, 7) is 2.77. The second-order valence-electron chi connectivity index (χ2n) is 5.68. The molecule has 128 valence electrons. The van der Waals surface area contributed by atoms with E-state index in [0.717, 1.165) is 30.3 Å². The fraction of sp³-hybridized carbons (Fsp3) is 0.412. The van der Waals surface area contributed by atoms with Crippen LogP contribution in [0.5, 0.6) is 5.75 Å². The summed E-state index contributed by atoms with van der Waals surface area (Å²) in [6.07, 6.45) is 3.23. The molecule has 0 spiro atoms. The minimum Gasteiger partial charge on any atom is -0.497 e. The van der Waals surface area contributed by atoms with Crippen molar-refractivity contribution in [1.82, 2.24) is 10.3 Å². The van der Waals surface area contributed by atoms with E-state index in [-0.39, 0.29) is 6.03 Å². The highest BCUT2D eigenvalue weighted by molar-refractivity contribution is 7.13. The summed E-state index contributed by atoms with van der Waals surface area (Å²) in [5, 5.41) is 8.83. The van der Waals surface area contributed by atoms with Crippen LogP contribution in [-0.4, -0.2) is 37.8 Å². The standard InChI is InChI=1S/C17H22N4O2S/c1-23-15-6-4-5-13(11-15)19-16(22)18-8-7-14-12-24-17(20-14)21-9-2-3-10-21/h4-6,11-12H,2-3,7-10H2,1H3,(H2,18,19,22). The maximum absolute atomic E-state index is 11.9. The topological polar surface area (TPSA) is 66.5 Å². The third-order valence-corrected chi connectivity index (χ3v) is 4.86. The predicted octanol–water partition coefficient (Wildman–Crippen LogP) is 3.12. The molecule has 0 bridgehead atoms. The molecule has 0 aliphatic carbocycles. The fourth-order valence-electron chi connectivity index (χ4n) is 2.64. The van der Waals surface area contributed by atoms with Crippen molar-refractivity contribution < 1.29 is 9.53 Å². The van der Waals surface area contributed by atoms with Crippen molar-refractivity contribution in [1.29, 1.82) is 0 Å². The van der Waals surface area contributed by atoms with Gasteiger partial charge in [0.05, 0.1) is 12.8 Å². The summed E-state index contributed by atoms with van der Waals surface area (Å²) < 4.78 is 5.14. The van der Waals surface area contributed by atoms with E-state index in [2.05, 4.69) is 25.9 Å². The Kier molecular flexibility index (Phi) is 5.53. The monoisotopic (exact) mass is 346 g/mol. The van der Waals surface area contributed by atoms with Crippen LogP contribution < -0.4 is 20.3 Å². The van der Waals surface area contributed by atoms with Crippen LogP contribution >= 0.6 is 11.3 Å². The Bertz CT molecular complexity index is 683. The van der Waals surface area contributed by atoms with Crippen molar-refractivity contribution >= 4 is 28.2 Å². The van der Waals surface area contributed by atoms with Crippen LogP contribution in [0.2, 0.25) is 0 Å². The molecule has 24 heavy (non-hydrogen) atoms. The molecule has 3 rings (SSSR count). The van der Waals surface area contributed by atoms with E-state index < -0.39 is 0 Å². The normalized spacial score (nSPS) is 13.8. The molecule has 2 amide bonds. The number of thiazole rings is 1. The quantitative estimate of drug-likeness (QED) is 0.843. The van der Waals surface area contributed by atoms with Crippen molar-refractivity contribution in [3.05, 3.63) is 35.3 Å². The van der Waals surface area contributed by atoms with Gasteiger partial charge in [-0.05, 0) is 25.0 Å². The molecule has 0 atom stereocenters. The molecule has 0 unspecified atom stereocenters. The zero-order valence-corrected chi connectivity index (χ0v) is 14.6. The first-order valence-corrected chi connectivity index (χ1v) is 9.01. The highest BCUT2D eigenvalue weighted by atomic mass is 32.1. The number of amides is 2. The van der Waals surface area contributed by atoms with Gasteiger partial charge < -0.3 is 20.3 Å². The minimum atomic E-state index is -0.224. The third-order valence-electron chi connectivity index (χ3n) is 3.91. The molecule has 1 fully saturated rings. The summed E-state index contributed by atoms with van der Waals surface area (Å²) in [7, 11) is 1.60. The Morgan fingerprint density at radius 2 is 2.21 bits per heavy atom. The van der Waals surface area contributed by atoms with Crippen molar-refractivity contribution in [2.75, 3.05) is 37.0 Å². The summed E-state index contributed by atoms with van der Waals surface area (Å²) in [5.74, 6) is 0.713. The van der Waals surface area contributed by atoms with Gasteiger partial charge in [-0.2, -0.15) is 0 Å². The lowest BCUT2D eigenvalue weighted by Crippen LogP contribution is -2.30. The number of rotatable bonds is 6. The van der Waals surface area contributed by atoms with Gasteiger partial charge in [0.1, 0.15) is 5.75 Å². The Morgan fingerprint density at radius 1 is 1.38 bits per heavy atom. The van der Waals surface area contributed by atoms with Crippen molar-refractivity contribution in [2.45, 2.75) is 19.3 Å². The van der Waals surface area contributed by atoms with Gasteiger partial charge in [-0.15, -0.1) is 11.3 Å². The zero-order chi connectivity index (χ0) is 16.8. The molecule has 1 aromatic carbocycles. The molecule has 1 aliphatic rings. The molecular formula is C17H22N4O2S. The molecule has 0 radical (unpaired) electrons. The first kappa shape index (κ1) is 16.6. The van der Waals surface area contributed by atoms with E-state index in [9.17, 15) is 4.79 Å². The largest absolute Gasteiger partial charge is 0.497 e. The SMILES string of the molecule is COc1cccc(NC(=O)NCCc2csc(N3CCCC3)n2)c1. The van der Waals surface area contributed by atoms with Crippen LogP contribution in [0, 0.1) is 0 Å². The molecule has 0 saturated carbocycles. The van der Waals surface area contributed by atoms with Gasteiger partial charge in [-0.25, -0.2) is 9.78 Å². The first-order valence-electron chi connectivity index (χ1n) is 8.13. The lowest BCUT2D eigenvalue weighted by molar-refractivity contribution is 0.252. The van der Waals surface area contributed by atoms with Crippen LogP contribution in [0.3, 0.4) is 0 Å². The molecule has 2 N–H and O–H groups in total. The molecule has 2 aromatic rings. The van der Waals surface area contributed by atoms with Gasteiger partial charge in [0.15, 0.2) is 5.13 Å². The number of urea groups is 1. The van der Waals surface area contributed by atoms with Gasteiger partial charge in [0.2, 0.25) is 0 Å². The molecular weight excluding hydrogens is 324 g/mol. The number of nitrogens with one attached hydrogen (secondary N) is 2. The molecule has 1 saturated heterocycles. The highest BCUT2D eigenvalue weighted by Crippen LogP contribution is 2.24. The predicted molar refractivity (Wildman–Crippen MR) is 97.3 cm³/mol. The number of carbonyl (C=O) groups excluding carboxylic acids is 1. The minimum absolute atomic E-state index is 0.224. The Balaban J connectivity index is 1.43. The zero-order valence-electron chi connectivity index (χ0n) is 13.7. The molecule has 1 aromatic heterocycles. The number of ether oxygens (including phenoxy) is 1. The number of methoxy groups -OCH3 is 1. The van der Waals surface area contributed by atoms with E-state index in [1.807, 2.05) is 18.2 Å². The maximum atomic E-state index is 11.9. The highest BCUT2D eigenvalue weighted by Gasteiger charge is 2.15. The Labute approximate surface area is 145 Å². The number of aromatic nitrogens is 1. The number of anilines is 2. The average Bonchev–Trinajstić information content (AvgIpc) is 3.26. The maximum Gasteiger partial charge on any atom is 0.319 e. The summed E-state index contributed by atoms with van der Waals surface area (Å²) in [6, 6.07) is 7.05. The van der Waals surface area contributed by atoms with E-state index >= 15 is 0 Å². The van der Waals surface area contributed by atoms with Gasteiger partial charge >= 0.3 is 6.03 Å². The molecule has 6 nitrogen and oxygen atoms in total. The number of hydrogen-bond acceptors (Lipinski definition) is 5. The number of benzene rings is 1. The fourth-order valence-corrected chi connectivity index (χ4v) is 3.56. The molecule has 2 heterocycles. The van der Waals surface area contributed by atoms with Crippen LogP contribution in [0.15, 0.2) is 29.6 Å². The van der Waals surface area contributed by atoms with Crippen LogP contribution in [-0.2, 0) is 6.42 Å². The molecule has 1 aliphatic heterocycles. The van der Waals surface area contributed by atoms with Crippen molar-refractivity contribution in [3.63, 3.8) is 0 Å². The van der Waals surface area contributed by atoms with Crippen molar-refractivity contribution in [3.8, 4) is 5.75 Å². The second-order valence-corrected chi connectivity index (χ2v) is 6.51. The van der Waals surface area contributed by atoms with Crippen LogP contribution in [0.4, 0.5) is 15.6 Å². The van der Waals surface area contributed by atoms with Gasteiger partial charge in [-0.3, -0.25) is 0 Å². The Morgan fingerprint density at radius 3 is 3.00 bits per heavy atom. The third kappa shape index (κ3) is 4.38. The van der Waals surface area contributed by atoms with Crippen LogP contribution in [0.25, 0.3) is 0 Å². The van der Waals surface area contributed by atoms with E-state index in [0.29, 0.717) is 18.0 Å². The van der Waals surface area contributed by atoms with Gasteiger partial charge in [-0.1, -0.05) is 6.07 Å². The second kappa shape index (κ2) is 8.01. The van der Waals surface area contributed by atoms with Gasteiger partial charge in [0, 0.05) is 43.2 Å². The first-order chi connectivity index (χ1) is 11.7. The summed E-state index contributed by atoms with van der Waals surface area (Å²) in [5.41, 5.74) is 1.74. The summed E-state index contributed by atoms with van der Waals surface area (Å²) >= 11 is 1.68. The van der Waals surface area contributed by atoms with Crippen molar-refractivity contribution in [2.24, 2.45) is 0 Å². The van der Waals surface area contributed by atoms with Crippen LogP contribution in [0.1, 0.15) is 18.5 Å². The van der Waals surface area contributed by atoms with E-state index in [1.165, 1.54) is 12.8 Å². The van der Waals surface area contributed by atoms with E-state index in [1.54, 1.807) is 24.5 Å². The Hall–Kier alpha value is -2.28. The van der Waals surface area contributed by atoms with E-state index in [4.69, 9.17) is 4.74 Å². The average molecular weight is 346 g/mol. The summed E-state index contributed by atoms with van der Waals surface area (Å²) in [4.78, 5) is 18.9. The smallest absolute Gasteiger partial charge is 0.319 e. The number of nitrogens with zero attached hydrogens (tertiary/aromatic N) is 2. The lowest BCUT2D eigenvalue weighted by atomic mass is 10.3. The number of hydrogen-bond donors (Lipinski definition) is 2. The number of carbonyl (C=O) groups is 1. The molecule has 7 heteroatoms.